The Morgan fingerprint density at radius 1 is 1.17 bits per heavy atom. The van der Waals surface area contributed by atoms with Crippen LogP contribution in [-0.4, -0.2) is 22.8 Å². The number of anilines is 1. The van der Waals surface area contributed by atoms with Gasteiger partial charge in [-0.05, 0) is 30.3 Å². The standard InChI is InChI=1S/C16H10ClN3O4/c17-15-10(2-1-5-18-15)19-16(21)11-7-13(24-20-11)9-3-4-12-14(6-9)23-8-22-12/h1-7H,8H2,(H,19,21). The van der Waals surface area contributed by atoms with Crippen LogP contribution in [-0.2, 0) is 0 Å². The third-order valence-electron chi connectivity index (χ3n) is 3.41. The van der Waals surface area contributed by atoms with Crippen LogP contribution in [0.15, 0.2) is 47.1 Å². The quantitative estimate of drug-likeness (QED) is 0.734. The number of ether oxygens (including phenoxy) is 2. The highest BCUT2D eigenvalue weighted by Gasteiger charge is 2.18. The van der Waals surface area contributed by atoms with E-state index in [1.165, 1.54) is 12.3 Å². The highest BCUT2D eigenvalue weighted by molar-refractivity contribution is 6.32. The normalized spacial score (nSPS) is 12.2. The molecule has 0 radical (unpaired) electrons. The number of halogens is 1. The Labute approximate surface area is 141 Å². The van der Waals surface area contributed by atoms with Crippen molar-refractivity contribution in [1.82, 2.24) is 10.1 Å². The van der Waals surface area contributed by atoms with Crippen molar-refractivity contribution in [2.24, 2.45) is 0 Å². The summed E-state index contributed by atoms with van der Waals surface area (Å²) in [5.41, 5.74) is 1.25. The van der Waals surface area contributed by atoms with Crippen LogP contribution in [0.2, 0.25) is 5.15 Å². The third kappa shape index (κ3) is 2.65. The van der Waals surface area contributed by atoms with Crippen molar-refractivity contribution < 1.29 is 18.8 Å². The minimum atomic E-state index is -0.444. The summed E-state index contributed by atoms with van der Waals surface area (Å²) in [6, 6.07) is 10.2. The summed E-state index contributed by atoms with van der Waals surface area (Å²) < 4.78 is 15.8. The van der Waals surface area contributed by atoms with E-state index in [1.807, 2.05) is 0 Å². The average Bonchev–Trinajstić information content (AvgIpc) is 3.25. The molecule has 7 nitrogen and oxygen atoms in total. The molecule has 24 heavy (non-hydrogen) atoms. The number of pyridine rings is 1. The average molecular weight is 344 g/mol. The molecule has 2 aromatic heterocycles. The first-order valence-electron chi connectivity index (χ1n) is 6.99. The molecular formula is C16H10ClN3O4. The number of carbonyl (C=O) groups excluding carboxylic acids is 1. The minimum absolute atomic E-state index is 0.127. The fraction of sp³-hybridized carbons (Fsp3) is 0.0625. The molecular weight excluding hydrogens is 334 g/mol. The van der Waals surface area contributed by atoms with Crippen molar-refractivity contribution in [3.63, 3.8) is 0 Å². The van der Waals surface area contributed by atoms with Gasteiger partial charge in [-0.15, -0.1) is 0 Å². The monoisotopic (exact) mass is 343 g/mol. The first kappa shape index (κ1) is 14.5. The maximum Gasteiger partial charge on any atom is 0.277 e. The second-order valence-corrected chi connectivity index (χ2v) is 5.30. The van der Waals surface area contributed by atoms with Crippen molar-refractivity contribution in [2.75, 3.05) is 12.1 Å². The van der Waals surface area contributed by atoms with Crippen LogP contribution in [0.1, 0.15) is 10.5 Å². The van der Waals surface area contributed by atoms with Gasteiger partial charge in [-0.1, -0.05) is 16.8 Å². The maximum atomic E-state index is 12.2. The third-order valence-corrected chi connectivity index (χ3v) is 3.71. The summed E-state index contributed by atoms with van der Waals surface area (Å²) >= 11 is 5.92. The Morgan fingerprint density at radius 2 is 2.04 bits per heavy atom. The molecule has 1 N–H and O–H groups in total. The van der Waals surface area contributed by atoms with E-state index >= 15 is 0 Å². The van der Waals surface area contributed by atoms with Crippen molar-refractivity contribution >= 4 is 23.2 Å². The van der Waals surface area contributed by atoms with E-state index in [1.54, 1.807) is 30.3 Å². The molecule has 3 heterocycles. The summed E-state index contributed by atoms with van der Waals surface area (Å²) in [6.07, 6.45) is 1.53. The highest BCUT2D eigenvalue weighted by Crippen LogP contribution is 2.36. The first-order chi connectivity index (χ1) is 11.7. The van der Waals surface area contributed by atoms with Gasteiger partial charge in [0.25, 0.3) is 5.91 Å². The molecule has 0 aliphatic carbocycles. The summed E-state index contributed by atoms with van der Waals surface area (Å²) in [4.78, 5) is 16.1. The molecule has 0 spiro atoms. The molecule has 0 unspecified atom stereocenters. The van der Waals surface area contributed by atoms with Crippen molar-refractivity contribution in [1.29, 1.82) is 0 Å². The second kappa shape index (κ2) is 5.86. The number of hydrogen-bond acceptors (Lipinski definition) is 6. The predicted octanol–water partition coefficient (Wildman–Crippen LogP) is 3.37. The number of hydrogen-bond donors (Lipinski definition) is 1. The van der Waals surface area contributed by atoms with Crippen molar-refractivity contribution in [2.45, 2.75) is 0 Å². The van der Waals surface area contributed by atoms with Crippen LogP contribution >= 0.6 is 11.6 Å². The van der Waals surface area contributed by atoms with E-state index in [0.29, 0.717) is 22.9 Å². The second-order valence-electron chi connectivity index (χ2n) is 4.94. The number of carbonyl (C=O) groups is 1. The molecule has 1 aliphatic heterocycles. The number of nitrogens with zero attached hydrogens (tertiary/aromatic N) is 2. The zero-order valence-electron chi connectivity index (χ0n) is 12.2. The molecule has 0 saturated heterocycles. The lowest BCUT2D eigenvalue weighted by molar-refractivity contribution is 0.101. The fourth-order valence-electron chi connectivity index (χ4n) is 2.23. The smallest absolute Gasteiger partial charge is 0.277 e. The SMILES string of the molecule is O=C(Nc1cccnc1Cl)c1cc(-c2ccc3c(c2)OCO3)on1. The molecule has 4 rings (SSSR count). The lowest BCUT2D eigenvalue weighted by atomic mass is 10.1. The highest BCUT2D eigenvalue weighted by atomic mass is 35.5. The van der Waals surface area contributed by atoms with Gasteiger partial charge in [0, 0.05) is 17.8 Å². The van der Waals surface area contributed by atoms with E-state index in [2.05, 4.69) is 15.5 Å². The largest absolute Gasteiger partial charge is 0.454 e. The summed E-state index contributed by atoms with van der Waals surface area (Å²) in [5.74, 6) is 1.29. The Hall–Kier alpha value is -3.06. The van der Waals surface area contributed by atoms with E-state index in [9.17, 15) is 4.79 Å². The molecule has 0 fully saturated rings. The van der Waals surface area contributed by atoms with E-state index in [4.69, 9.17) is 25.6 Å². The molecule has 1 amide bonds. The van der Waals surface area contributed by atoms with Crippen LogP contribution in [0.25, 0.3) is 11.3 Å². The Morgan fingerprint density at radius 3 is 2.92 bits per heavy atom. The Kier molecular flexibility index (Phi) is 3.55. The number of fused-ring (bicyclic) bond motifs is 1. The Balaban J connectivity index is 1.56. The van der Waals surface area contributed by atoms with Gasteiger partial charge in [-0.3, -0.25) is 4.79 Å². The number of amides is 1. The number of nitrogens with one attached hydrogen (secondary N) is 1. The zero-order valence-corrected chi connectivity index (χ0v) is 12.9. The maximum absolute atomic E-state index is 12.2. The van der Waals surface area contributed by atoms with E-state index in [0.717, 1.165) is 5.56 Å². The van der Waals surface area contributed by atoms with E-state index < -0.39 is 5.91 Å². The molecule has 1 aromatic carbocycles. The topological polar surface area (TPSA) is 86.5 Å². The number of benzene rings is 1. The molecule has 0 atom stereocenters. The van der Waals surface area contributed by atoms with Crippen LogP contribution < -0.4 is 14.8 Å². The van der Waals surface area contributed by atoms with Gasteiger partial charge in [0.2, 0.25) is 6.79 Å². The van der Waals surface area contributed by atoms with Crippen LogP contribution in [0.4, 0.5) is 5.69 Å². The van der Waals surface area contributed by atoms with Gasteiger partial charge in [-0.2, -0.15) is 0 Å². The van der Waals surface area contributed by atoms with Crippen LogP contribution in [0, 0.1) is 0 Å². The van der Waals surface area contributed by atoms with Gasteiger partial charge < -0.3 is 19.3 Å². The fourth-order valence-corrected chi connectivity index (χ4v) is 2.40. The van der Waals surface area contributed by atoms with Gasteiger partial charge in [0.05, 0.1) is 5.69 Å². The Bertz CT molecular complexity index is 925. The van der Waals surface area contributed by atoms with E-state index in [-0.39, 0.29) is 17.6 Å². The van der Waals surface area contributed by atoms with Gasteiger partial charge in [0.1, 0.15) is 0 Å². The van der Waals surface area contributed by atoms with Crippen molar-refractivity contribution in [3.05, 3.63) is 53.4 Å². The zero-order chi connectivity index (χ0) is 16.5. The number of aromatic nitrogens is 2. The lowest BCUT2D eigenvalue weighted by Crippen LogP contribution is -2.12. The molecule has 0 saturated carbocycles. The van der Waals surface area contributed by atoms with Crippen LogP contribution in [0.3, 0.4) is 0 Å². The van der Waals surface area contributed by atoms with Gasteiger partial charge in [0.15, 0.2) is 28.1 Å². The molecule has 120 valence electrons. The first-order valence-corrected chi connectivity index (χ1v) is 7.37. The summed E-state index contributed by atoms with van der Waals surface area (Å²) in [7, 11) is 0. The molecule has 1 aliphatic rings. The predicted molar refractivity (Wildman–Crippen MR) is 85.3 cm³/mol. The summed E-state index contributed by atoms with van der Waals surface area (Å²) in [5, 5.41) is 6.62. The molecule has 0 bridgehead atoms. The minimum Gasteiger partial charge on any atom is -0.454 e. The number of rotatable bonds is 3. The molecule has 8 heteroatoms. The van der Waals surface area contributed by atoms with Gasteiger partial charge in [-0.25, -0.2) is 4.98 Å². The van der Waals surface area contributed by atoms with Crippen LogP contribution in [0.5, 0.6) is 11.5 Å². The lowest BCUT2D eigenvalue weighted by Gasteiger charge is -2.03. The van der Waals surface area contributed by atoms with Crippen molar-refractivity contribution in [3.8, 4) is 22.8 Å². The molecule has 3 aromatic rings. The van der Waals surface area contributed by atoms with Gasteiger partial charge >= 0.3 is 0 Å². The summed E-state index contributed by atoms with van der Waals surface area (Å²) in [6.45, 7) is 0.189.